The largest absolute Gasteiger partial charge is 0.460 e. The average molecular weight is 366 g/mol. The van der Waals surface area contributed by atoms with Gasteiger partial charge in [0.05, 0.1) is 13.2 Å². The van der Waals surface area contributed by atoms with Gasteiger partial charge in [0, 0.05) is 19.1 Å². The topological polar surface area (TPSA) is 119 Å². The molecule has 2 rings (SSSR count). The van der Waals surface area contributed by atoms with Crippen LogP contribution in [-0.4, -0.2) is 55.3 Å². The number of rotatable bonds is 6. The first-order chi connectivity index (χ1) is 12.5. The van der Waals surface area contributed by atoms with E-state index in [2.05, 4.69) is 10.3 Å². The minimum Gasteiger partial charge on any atom is -0.460 e. The number of ether oxygens (including phenoxy) is 2. The third-order valence-corrected chi connectivity index (χ3v) is 3.92. The number of piperidine rings is 1. The van der Waals surface area contributed by atoms with Crippen LogP contribution in [0.3, 0.4) is 0 Å². The van der Waals surface area contributed by atoms with Crippen LogP contribution < -0.4 is 11.1 Å². The number of nitrogens with two attached hydrogens (primary N) is 1. The molecule has 144 valence electrons. The number of nitrogens with zero attached hydrogens (tertiary/aromatic N) is 2. The Bertz CT molecular complexity index is 635. The first-order valence-electron chi connectivity index (χ1n) is 8.77. The van der Waals surface area contributed by atoms with E-state index in [9.17, 15) is 9.59 Å². The zero-order chi connectivity index (χ0) is 18.9. The minimum atomic E-state index is -0.498. The summed E-state index contributed by atoms with van der Waals surface area (Å²) in [4.78, 5) is 29.1. The number of furan rings is 1. The van der Waals surface area contributed by atoms with Crippen molar-refractivity contribution in [1.82, 2.24) is 10.2 Å². The van der Waals surface area contributed by atoms with E-state index in [1.807, 2.05) is 0 Å². The fraction of sp³-hybridized carbons (Fsp3) is 0.588. The molecule has 0 saturated carbocycles. The van der Waals surface area contributed by atoms with Crippen molar-refractivity contribution < 1.29 is 23.5 Å². The van der Waals surface area contributed by atoms with Crippen molar-refractivity contribution in [2.75, 3.05) is 26.3 Å². The fourth-order valence-corrected chi connectivity index (χ4v) is 2.61. The average Bonchev–Trinajstić information content (AvgIpc) is 3.10. The molecular formula is C17H26N4O5. The second kappa shape index (κ2) is 9.69. The van der Waals surface area contributed by atoms with Crippen molar-refractivity contribution in [1.29, 1.82) is 0 Å². The highest BCUT2D eigenvalue weighted by atomic mass is 16.6. The molecule has 1 fully saturated rings. The van der Waals surface area contributed by atoms with E-state index in [0.29, 0.717) is 38.0 Å². The molecule has 0 spiro atoms. The van der Waals surface area contributed by atoms with Gasteiger partial charge in [0.15, 0.2) is 5.96 Å². The number of esters is 1. The summed E-state index contributed by atoms with van der Waals surface area (Å²) in [6.45, 7) is 5.64. The van der Waals surface area contributed by atoms with Gasteiger partial charge in [-0.05, 0) is 38.8 Å². The van der Waals surface area contributed by atoms with Gasteiger partial charge in [-0.3, -0.25) is 0 Å². The lowest BCUT2D eigenvalue weighted by Gasteiger charge is -2.31. The van der Waals surface area contributed by atoms with Crippen molar-refractivity contribution in [3.8, 4) is 0 Å². The molecule has 0 aliphatic carbocycles. The summed E-state index contributed by atoms with van der Waals surface area (Å²) in [5, 5.41) is 3.15. The summed E-state index contributed by atoms with van der Waals surface area (Å²) in [5.74, 6) is 0.473. The number of likely N-dealkylation sites (tertiary alicyclic amines) is 1. The molecular weight excluding hydrogens is 340 g/mol. The lowest BCUT2D eigenvalue weighted by molar-refractivity contribution is 0.0488. The van der Waals surface area contributed by atoms with Crippen LogP contribution in [0.1, 0.15) is 43.0 Å². The Morgan fingerprint density at radius 2 is 1.96 bits per heavy atom. The highest BCUT2D eigenvalue weighted by Gasteiger charge is 2.23. The fourth-order valence-electron chi connectivity index (χ4n) is 2.61. The Morgan fingerprint density at radius 3 is 2.62 bits per heavy atom. The number of amides is 1. The van der Waals surface area contributed by atoms with Crippen molar-refractivity contribution in [3.05, 3.63) is 23.7 Å². The molecule has 3 N–H and O–H groups in total. The van der Waals surface area contributed by atoms with Crippen LogP contribution in [0, 0.1) is 0 Å². The van der Waals surface area contributed by atoms with E-state index in [-0.39, 0.29) is 24.4 Å². The van der Waals surface area contributed by atoms with Crippen LogP contribution in [-0.2, 0) is 16.0 Å². The standard InChI is InChI=1S/C17H26N4O5/c1-3-24-15(22)14-6-5-13(26-14)11-19-16(18)20-12-7-9-21(10-8-12)17(23)25-4-2/h5-6,12H,3-4,7-11H2,1-2H3,(H3,18,19,20). The van der Waals surface area contributed by atoms with E-state index in [0.717, 1.165) is 12.8 Å². The first-order valence-corrected chi connectivity index (χ1v) is 8.77. The summed E-state index contributed by atoms with van der Waals surface area (Å²) in [5.41, 5.74) is 5.91. The molecule has 9 heteroatoms. The summed E-state index contributed by atoms with van der Waals surface area (Å²) in [6.07, 6.45) is 1.26. The monoisotopic (exact) mass is 366 g/mol. The number of hydrogen-bond donors (Lipinski definition) is 2. The quantitative estimate of drug-likeness (QED) is 0.444. The van der Waals surface area contributed by atoms with Crippen LogP contribution in [0.15, 0.2) is 21.5 Å². The van der Waals surface area contributed by atoms with E-state index in [1.165, 1.54) is 0 Å². The van der Waals surface area contributed by atoms with Crippen molar-refractivity contribution in [3.63, 3.8) is 0 Å². The van der Waals surface area contributed by atoms with Crippen LogP contribution in [0.25, 0.3) is 0 Å². The Kier molecular flexibility index (Phi) is 7.31. The molecule has 26 heavy (non-hydrogen) atoms. The Balaban J connectivity index is 1.77. The Hall–Kier alpha value is -2.71. The normalized spacial score (nSPS) is 15.6. The molecule has 0 bridgehead atoms. The van der Waals surface area contributed by atoms with Gasteiger partial charge in [0.25, 0.3) is 0 Å². The maximum Gasteiger partial charge on any atom is 0.409 e. The molecule has 0 unspecified atom stereocenters. The maximum absolute atomic E-state index is 11.7. The SMILES string of the molecule is CCOC(=O)c1ccc(CN=C(N)NC2CCN(C(=O)OCC)CC2)o1. The number of hydrogen-bond acceptors (Lipinski definition) is 6. The van der Waals surface area contributed by atoms with Crippen molar-refractivity contribution in [2.45, 2.75) is 39.3 Å². The van der Waals surface area contributed by atoms with Gasteiger partial charge < -0.3 is 29.8 Å². The van der Waals surface area contributed by atoms with Gasteiger partial charge in [0.2, 0.25) is 5.76 Å². The Morgan fingerprint density at radius 1 is 1.27 bits per heavy atom. The van der Waals surface area contributed by atoms with Gasteiger partial charge in [-0.25, -0.2) is 14.6 Å². The Labute approximate surface area is 152 Å². The van der Waals surface area contributed by atoms with E-state index in [4.69, 9.17) is 19.6 Å². The lowest BCUT2D eigenvalue weighted by Crippen LogP contribution is -2.48. The molecule has 0 radical (unpaired) electrons. The molecule has 1 aromatic rings. The molecule has 0 aromatic carbocycles. The van der Waals surface area contributed by atoms with E-state index in [1.54, 1.807) is 30.9 Å². The van der Waals surface area contributed by atoms with E-state index < -0.39 is 5.97 Å². The van der Waals surface area contributed by atoms with Gasteiger partial charge in [0.1, 0.15) is 12.3 Å². The number of carbonyl (C=O) groups excluding carboxylic acids is 2. The van der Waals surface area contributed by atoms with Crippen LogP contribution in [0.4, 0.5) is 4.79 Å². The lowest BCUT2D eigenvalue weighted by atomic mass is 10.1. The summed E-state index contributed by atoms with van der Waals surface area (Å²) < 4.78 is 15.2. The summed E-state index contributed by atoms with van der Waals surface area (Å²) >= 11 is 0. The van der Waals surface area contributed by atoms with Crippen LogP contribution >= 0.6 is 0 Å². The minimum absolute atomic E-state index is 0.148. The van der Waals surface area contributed by atoms with Gasteiger partial charge in [-0.15, -0.1) is 0 Å². The van der Waals surface area contributed by atoms with Gasteiger partial charge in [-0.1, -0.05) is 0 Å². The highest BCUT2D eigenvalue weighted by molar-refractivity contribution is 5.86. The van der Waals surface area contributed by atoms with Gasteiger partial charge in [-0.2, -0.15) is 0 Å². The molecule has 0 atom stereocenters. The molecule has 2 heterocycles. The molecule has 9 nitrogen and oxygen atoms in total. The zero-order valence-electron chi connectivity index (χ0n) is 15.2. The number of guanidine groups is 1. The van der Waals surface area contributed by atoms with Crippen molar-refractivity contribution in [2.24, 2.45) is 10.7 Å². The smallest absolute Gasteiger partial charge is 0.409 e. The maximum atomic E-state index is 11.7. The predicted molar refractivity (Wildman–Crippen MR) is 94.7 cm³/mol. The zero-order valence-corrected chi connectivity index (χ0v) is 15.2. The second-order valence-electron chi connectivity index (χ2n) is 5.79. The highest BCUT2D eigenvalue weighted by Crippen LogP contribution is 2.12. The first kappa shape index (κ1) is 19.6. The van der Waals surface area contributed by atoms with Gasteiger partial charge >= 0.3 is 12.1 Å². The van der Waals surface area contributed by atoms with Crippen LogP contribution in [0.5, 0.6) is 0 Å². The third kappa shape index (κ3) is 5.68. The molecule has 1 aliphatic heterocycles. The molecule has 1 amide bonds. The predicted octanol–water partition coefficient (Wildman–Crippen LogP) is 1.48. The van der Waals surface area contributed by atoms with Crippen LogP contribution in [0.2, 0.25) is 0 Å². The summed E-state index contributed by atoms with van der Waals surface area (Å²) in [7, 11) is 0. The summed E-state index contributed by atoms with van der Waals surface area (Å²) in [6, 6.07) is 3.37. The second-order valence-corrected chi connectivity index (χ2v) is 5.79. The number of nitrogens with one attached hydrogen (secondary N) is 1. The molecule has 1 saturated heterocycles. The third-order valence-electron chi connectivity index (χ3n) is 3.92. The number of aliphatic imine (C=N–C) groups is 1. The van der Waals surface area contributed by atoms with Crippen molar-refractivity contribution >= 4 is 18.0 Å². The number of carbonyl (C=O) groups is 2. The van der Waals surface area contributed by atoms with E-state index >= 15 is 0 Å². The molecule has 1 aromatic heterocycles. The molecule has 1 aliphatic rings.